The summed E-state index contributed by atoms with van der Waals surface area (Å²) in [6.45, 7) is 6.99. The Morgan fingerprint density at radius 1 is 1.00 bits per heavy atom. The topological polar surface area (TPSA) is 152 Å². The lowest BCUT2D eigenvalue weighted by molar-refractivity contribution is -0.181. The van der Waals surface area contributed by atoms with Crippen LogP contribution in [0.3, 0.4) is 0 Å². The molecule has 57 heavy (non-hydrogen) atoms. The molecule has 17 heteroatoms. The molecule has 0 unspecified atom stereocenters. The van der Waals surface area contributed by atoms with Crippen molar-refractivity contribution in [3.8, 4) is 0 Å². The van der Waals surface area contributed by atoms with Gasteiger partial charge in [-0.3, -0.25) is 18.7 Å². The molecule has 1 N–H and O–H groups in total. The minimum atomic E-state index is -4.65. The van der Waals surface area contributed by atoms with Crippen LogP contribution in [0.1, 0.15) is 44.4 Å². The number of ether oxygens (including phenoxy) is 3. The number of esters is 1. The van der Waals surface area contributed by atoms with Gasteiger partial charge < -0.3 is 29.3 Å². The fraction of sp³-hybridized carbons (Fsp3) is 0.425. The molecule has 5 atom stereocenters. The van der Waals surface area contributed by atoms with Crippen LogP contribution in [-0.4, -0.2) is 111 Å². The monoisotopic (exact) mass is 812 g/mol. The molecule has 2 aromatic carbocycles. The van der Waals surface area contributed by atoms with Gasteiger partial charge in [-0.1, -0.05) is 73.3 Å². The van der Waals surface area contributed by atoms with Gasteiger partial charge in [0.15, 0.2) is 6.10 Å². The number of carbonyl (C=O) groups excluding carboxylic acids is 5. The molecule has 0 aromatic heterocycles. The van der Waals surface area contributed by atoms with Crippen molar-refractivity contribution in [3.05, 3.63) is 107 Å². The summed E-state index contributed by atoms with van der Waals surface area (Å²) in [6, 6.07) is 16.4. The smallest absolute Gasteiger partial charge is 0.410 e. The van der Waals surface area contributed by atoms with E-state index in [1.165, 1.54) is 17.1 Å². The van der Waals surface area contributed by atoms with E-state index in [1.54, 1.807) is 81.4 Å². The molecule has 0 spiro atoms. The number of hydrogen-bond donors (Lipinski definition) is 1. The van der Waals surface area contributed by atoms with Gasteiger partial charge in [-0.2, -0.15) is 13.2 Å². The highest BCUT2D eigenvalue weighted by Gasteiger charge is 2.58. The van der Waals surface area contributed by atoms with Crippen LogP contribution in [0.15, 0.2) is 96.2 Å². The maximum atomic E-state index is 14.4. The Labute approximate surface area is 329 Å². The molecule has 3 saturated heterocycles. The maximum absolute atomic E-state index is 14.4. The van der Waals surface area contributed by atoms with Crippen LogP contribution in [0.5, 0.6) is 0 Å². The number of β-lactam (4-membered cyclic amide) rings is 1. The molecule has 0 saturated carbocycles. The zero-order chi connectivity index (χ0) is 41.2. The summed E-state index contributed by atoms with van der Waals surface area (Å²) in [5, 5.41) is 1.29. The van der Waals surface area contributed by atoms with Crippen molar-refractivity contribution in [3.63, 3.8) is 0 Å². The summed E-state index contributed by atoms with van der Waals surface area (Å²) >= 11 is 0. The highest BCUT2D eigenvalue weighted by atomic mass is 32.2. The average molecular weight is 813 g/mol. The Morgan fingerprint density at radius 2 is 1.63 bits per heavy atom. The summed E-state index contributed by atoms with van der Waals surface area (Å²) in [6.07, 6.45) is -4.71. The SMILES string of the molecule is C=CCOC(=O)N1C[C@H](CN2CCC(=CC3=C(C(=O)OC(c4ccccc4)c4ccccc4)N4C(=O)[C@@H](NC(=O)OC(C)(C)C)[C@H]4[S@@](=O)C3)C2=O)[C@@H](C(F)(F)F)C1. The summed E-state index contributed by atoms with van der Waals surface area (Å²) in [5.41, 5.74) is 0.230. The lowest BCUT2D eigenvalue weighted by Gasteiger charge is -2.49. The van der Waals surface area contributed by atoms with Gasteiger partial charge >= 0.3 is 24.3 Å². The number of fused-ring (bicyclic) bond motifs is 1. The van der Waals surface area contributed by atoms with Crippen molar-refractivity contribution in [1.29, 1.82) is 0 Å². The van der Waals surface area contributed by atoms with E-state index in [9.17, 15) is 41.4 Å². The second-order valence-electron chi connectivity index (χ2n) is 15.1. The normalized spacial score (nSPS) is 24.4. The van der Waals surface area contributed by atoms with E-state index < -0.39 is 88.4 Å². The van der Waals surface area contributed by atoms with E-state index in [0.717, 1.165) is 9.80 Å². The number of alkyl carbamates (subject to hydrolysis) is 1. The first-order chi connectivity index (χ1) is 27.0. The van der Waals surface area contributed by atoms with Gasteiger partial charge in [-0.05, 0) is 50.0 Å². The van der Waals surface area contributed by atoms with Gasteiger partial charge in [0, 0.05) is 37.7 Å². The molecule has 6 rings (SSSR count). The third kappa shape index (κ3) is 9.08. The molecule has 0 bridgehead atoms. The first-order valence-electron chi connectivity index (χ1n) is 18.3. The third-order valence-corrected chi connectivity index (χ3v) is 11.5. The van der Waals surface area contributed by atoms with Gasteiger partial charge in [0.2, 0.25) is 5.91 Å². The summed E-state index contributed by atoms with van der Waals surface area (Å²) in [4.78, 5) is 70.3. The van der Waals surface area contributed by atoms with E-state index >= 15 is 0 Å². The number of nitrogens with zero attached hydrogens (tertiary/aromatic N) is 3. The fourth-order valence-electron chi connectivity index (χ4n) is 7.35. The lowest BCUT2D eigenvalue weighted by Crippen LogP contribution is -2.73. The number of benzene rings is 2. The number of alkyl halides is 3. The molecule has 4 heterocycles. The summed E-state index contributed by atoms with van der Waals surface area (Å²) in [7, 11) is -1.90. The first kappa shape index (κ1) is 41.2. The van der Waals surface area contributed by atoms with Gasteiger partial charge in [0.1, 0.15) is 29.3 Å². The molecular weight excluding hydrogens is 770 g/mol. The number of amides is 4. The highest BCUT2D eigenvalue weighted by Crippen LogP contribution is 2.41. The Hall–Kier alpha value is -5.45. The predicted octanol–water partition coefficient (Wildman–Crippen LogP) is 4.99. The van der Waals surface area contributed by atoms with Crippen LogP contribution in [0.4, 0.5) is 22.8 Å². The van der Waals surface area contributed by atoms with Crippen LogP contribution >= 0.6 is 0 Å². The number of rotatable bonds is 10. The van der Waals surface area contributed by atoms with Crippen LogP contribution in [0, 0.1) is 11.8 Å². The number of carbonyl (C=O) groups is 5. The van der Waals surface area contributed by atoms with Gasteiger partial charge in [-0.15, -0.1) is 0 Å². The van der Waals surface area contributed by atoms with Crippen molar-refractivity contribution in [2.24, 2.45) is 11.8 Å². The zero-order valence-electron chi connectivity index (χ0n) is 31.5. The standard InChI is InChI=1S/C40H43F3N4O9S/c1-5-18-54-38(52)46-21-28(29(22-46)40(41,42)43)20-45-17-16-26(33(45)48)19-27-23-57(53)35-30(44-37(51)56-39(2,3)4)34(49)47(35)31(27)36(50)55-32(24-12-8-6-9-13-24)25-14-10-7-11-15-25/h5-15,19,28-30,32,35H,1,16-18,20-23H2,2-4H3,(H,44,51)/t28-,29-,30+,35+,57-/m0/s1. The number of halogens is 3. The van der Waals surface area contributed by atoms with E-state index in [2.05, 4.69) is 11.9 Å². The van der Waals surface area contributed by atoms with Crippen molar-refractivity contribution in [1.82, 2.24) is 20.0 Å². The summed E-state index contributed by atoms with van der Waals surface area (Å²) in [5.74, 6) is -5.69. The average Bonchev–Trinajstić information content (AvgIpc) is 3.75. The van der Waals surface area contributed by atoms with Crippen LogP contribution in [0.25, 0.3) is 0 Å². The molecular formula is C40H43F3N4O9S. The first-order valence-corrected chi connectivity index (χ1v) is 19.7. The molecule has 4 aliphatic rings. The molecule has 13 nitrogen and oxygen atoms in total. The molecule has 4 aliphatic heterocycles. The van der Waals surface area contributed by atoms with Gasteiger partial charge in [0.05, 0.1) is 22.5 Å². The number of allylic oxidation sites excluding steroid dienone is 1. The minimum Gasteiger partial charge on any atom is -0.448 e. The molecule has 4 amide bonds. The second kappa shape index (κ2) is 16.6. The highest BCUT2D eigenvalue weighted by molar-refractivity contribution is 7.86. The van der Waals surface area contributed by atoms with E-state index in [1.807, 2.05) is 0 Å². The number of nitrogens with one attached hydrogen (secondary N) is 1. The van der Waals surface area contributed by atoms with Crippen LogP contribution in [0.2, 0.25) is 0 Å². The third-order valence-electron chi connectivity index (χ3n) is 9.91. The quantitative estimate of drug-likeness (QED) is 0.115. The van der Waals surface area contributed by atoms with Gasteiger partial charge in [0.25, 0.3) is 5.91 Å². The minimum absolute atomic E-state index is 0.0417. The Bertz CT molecular complexity index is 1960. The van der Waals surface area contributed by atoms with E-state index in [-0.39, 0.29) is 55.3 Å². The summed E-state index contributed by atoms with van der Waals surface area (Å²) < 4.78 is 72.6. The maximum Gasteiger partial charge on any atom is 0.410 e. The van der Waals surface area contributed by atoms with Crippen molar-refractivity contribution >= 4 is 40.8 Å². The number of likely N-dealkylation sites (tertiary alicyclic amines) is 2. The Balaban J connectivity index is 1.31. The molecule has 2 aromatic rings. The fourth-order valence-corrected chi connectivity index (χ4v) is 8.98. The second-order valence-corrected chi connectivity index (χ2v) is 16.6. The molecule has 0 radical (unpaired) electrons. The van der Waals surface area contributed by atoms with Crippen molar-refractivity contribution in [2.75, 3.05) is 38.5 Å². The van der Waals surface area contributed by atoms with E-state index in [0.29, 0.717) is 11.1 Å². The Morgan fingerprint density at radius 3 is 2.21 bits per heavy atom. The number of hydrogen-bond acceptors (Lipinski definition) is 9. The Kier molecular flexibility index (Phi) is 12.0. The lowest BCUT2D eigenvalue weighted by atomic mass is 9.95. The van der Waals surface area contributed by atoms with Crippen molar-refractivity contribution < 1.29 is 55.6 Å². The zero-order valence-corrected chi connectivity index (χ0v) is 32.3. The van der Waals surface area contributed by atoms with Gasteiger partial charge in [-0.25, -0.2) is 14.4 Å². The van der Waals surface area contributed by atoms with Crippen LogP contribution in [-0.2, 0) is 39.4 Å². The predicted molar refractivity (Wildman–Crippen MR) is 200 cm³/mol. The molecule has 304 valence electrons. The van der Waals surface area contributed by atoms with Crippen molar-refractivity contribution in [2.45, 2.75) is 56.5 Å². The van der Waals surface area contributed by atoms with Crippen LogP contribution < -0.4 is 5.32 Å². The largest absolute Gasteiger partial charge is 0.448 e. The van der Waals surface area contributed by atoms with E-state index in [4.69, 9.17) is 14.2 Å². The molecule has 3 fully saturated rings. The molecule has 0 aliphatic carbocycles.